The number of carbonyl (C=O) groups is 1. The zero-order valence-electron chi connectivity index (χ0n) is 17.3. The molecule has 0 amide bonds. The predicted octanol–water partition coefficient (Wildman–Crippen LogP) is 3.52. The van der Waals surface area contributed by atoms with Gasteiger partial charge in [-0.25, -0.2) is 13.2 Å². The van der Waals surface area contributed by atoms with E-state index in [0.29, 0.717) is 24.5 Å². The maximum absolute atomic E-state index is 12.5. The van der Waals surface area contributed by atoms with E-state index in [2.05, 4.69) is 10.2 Å². The smallest absolute Gasteiger partial charge is 0.331 e. The van der Waals surface area contributed by atoms with E-state index in [-0.39, 0.29) is 17.4 Å². The maximum atomic E-state index is 12.5. The summed E-state index contributed by atoms with van der Waals surface area (Å²) in [6.45, 7) is 4.24. The van der Waals surface area contributed by atoms with Crippen molar-refractivity contribution in [2.24, 2.45) is 0 Å². The first kappa shape index (κ1) is 22.4. The second-order valence-corrected chi connectivity index (χ2v) is 8.40. The van der Waals surface area contributed by atoms with Crippen molar-refractivity contribution in [3.63, 3.8) is 0 Å². The predicted molar refractivity (Wildman–Crippen MR) is 115 cm³/mol. The number of hydrogen-bond donors (Lipinski definition) is 0. The molecule has 31 heavy (non-hydrogen) atoms. The second kappa shape index (κ2) is 10.1. The largest absolute Gasteiger partial charge is 0.452 e. The number of rotatable bonds is 9. The Morgan fingerprint density at radius 1 is 1.03 bits per heavy atom. The summed E-state index contributed by atoms with van der Waals surface area (Å²) in [4.78, 5) is 12.2. The molecule has 0 aliphatic heterocycles. The van der Waals surface area contributed by atoms with Crippen LogP contribution in [-0.2, 0) is 26.2 Å². The molecule has 0 saturated heterocycles. The van der Waals surface area contributed by atoms with Crippen molar-refractivity contribution in [1.82, 2.24) is 14.5 Å². The Hall–Kier alpha value is -3.30. The molecular weight excluding hydrogens is 418 g/mol. The average Bonchev–Trinajstić information content (AvgIpc) is 3.27. The standard InChI is InChI=1S/C22H23N3O5S/c1-3-25(4-2)31(27,28)19-13-10-17(11-14-19)12-15-21(26)29-16-20-23-24-22(30-20)18-8-6-5-7-9-18/h5-15H,3-4,16H2,1-2H3/b15-12+. The molecule has 0 saturated carbocycles. The van der Waals surface area contributed by atoms with Gasteiger partial charge in [0.25, 0.3) is 5.89 Å². The third kappa shape index (κ3) is 5.65. The van der Waals surface area contributed by atoms with Gasteiger partial charge in [-0.3, -0.25) is 0 Å². The molecule has 1 aromatic heterocycles. The Balaban J connectivity index is 1.56. The first-order valence-corrected chi connectivity index (χ1v) is 11.2. The quantitative estimate of drug-likeness (QED) is 0.370. The van der Waals surface area contributed by atoms with Gasteiger partial charge in [0.05, 0.1) is 4.90 Å². The lowest BCUT2D eigenvalue weighted by molar-refractivity contribution is -0.139. The molecule has 0 fully saturated rings. The maximum Gasteiger partial charge on any atom is 0.331 e. The van der Waals surface area contributed by atoms with Gasteiger partial charge < -0.3 is 9.15 Å². The van der Waals surface area contributed by atoms with E-state index in [4.69, 9.17) is 9.15 Å². The highest BCUT2D eigenvalue weighted by Crippen LogP contribution is 2.18. The van der Waals surface area contributed by atoms with Crippen molar-refractivity contribution in [2.45, 2.75) is 25.3 Å². The average molecular weight is 442 g/mol. The molecule has 0 radical (unpaired) electrons. The molecule has 0 atom stereocenters. The van der Waals surface area contributed by atoms with Crippen molar-refractivity contribution in [3.05, 3.63) is 72.1 Å². The Bertz CT molecular complexity index is 1140. The van der Waals surface area contributed by atoms with E-state index in [1.165, 1.54) is 22.5 Å². The highest BCUT2D eigenvalue weighted by atomic mass is 32.2. The lowest BCUT2D eigenvalue weighted by Gasteiger charge is -2.18. The number of benzene rings is 2. The van der Waals surface area contributed by atoms with Crippen LogP contribution in [0.15, 0.2) is 70.0 Å². The summed E-state index contributed by atoms with van der Waals surface area (Å²) >= 11 is 0. The molecule has 0 unspecified atom stereocenters. The van der Waals surface area contributed by atoms with Gasteiger partial charge in [0.15, 0.2) is 6.61 Å². The minimum atomic E-state index is -3.51. The third-order valence-electron chi connectivity index (χ3n) is 4.46. The van der Waals surface area contributed by atoms with Crippen molar-refractivity contribution < 1.29 is 22.4 Å². The van der Waals surface area contributed by atoms with Crippen LogP contribution in [0.4, 0.5) is 0 Å². The van der Waals surface area contributed by atoms with Crippen LogP contribution in [0.5, 0.6) is 0 Å². The van der Waals surface area contributed by atoms with Gasteiger partial charge in [-0.15, -0.1) is 10.2 Å². The third-order valence-corrected chi connectivity index (χ3v) is 6.52. The molecule has 0 spiro atoms. The molecule has 2 aromatic carbocycles. The number of nitrogens with zero attached hydrogens (tertiary/aromatic N) is 3. The van der Waals surface area contributed by atoms with Gasteiger partial charge in [0.2, 0.25) is 15.9 Å². The van der Waals surface area contributed by atoms with E-state index in [1.54, 1.807) is 32.1 Å². The van der Waals surface area contributed by atoms with Gasteiger partial charge in [-0.1, -0.05) is 44.2 Å². The summed E-state index contributed by atoms with van der Waals surface area (Å²) < 4.78 is 37.0. The lowest BCUT2D eigenvalue weighted by atomic mass is 10.2. The SMILES string of the molecule is CCN(CC)S(=O)(=O)c1ccc(/C=C/C(=O)OCc2nnc(-c3ccccc3)o2)cc1. The van der Waals surface area contributed by atoms with Crippen LogP contribution in [0.2, 0.25) is 0 Å². The summed E-state index contributed by atoms with van der Waals surface area (Å²) in [5, 5.41) is 7.80. The molecule has 0 bridgehead atoms. The van der Waals surface area contributed by atoms with E-state index in [1.807, 2.05) is 30.3 Å². The summed E-state index contributed by atoms with van der Waals surface area (Å²) in [5.74, 6) is -0.0483. The van der Waals surface area contributed by atoms with Crippen molar-refractivity contribution in [2.75, 3.05) is 13.1 Å². The zero-order valence-corrected chi connectivity index (χ0v) is 18.1. The van der Waals surface area contributed by atoms with Gasteiger partial charge in [0.1, 0.15) is 0 Å². The molecule has 0 aliphatic carbocycles. The molecule has 0 aliphatic rings. The Morgan fingerprint density at radius 2 is 1.71 bits per heavy atom. The monoisotopic (exact) mass is 441 g/mol. The summed E-state index contributed by atoms with van der Waals surface area (Å²) in [6, 6.07) is 15.6. The van der Waals surface area contributed by atoms with E-state index >= 15 is 0 Å². The number of sulfonamides is 1. The van der Waals surface area contributed by atoms with Gasteiger partial charge >= 0.3 is 5.97 Å². The van der Waals surface area contributed by atoms with Crippen LogP contribution < -0.4 is 0 Å². The molecule has 0 N–H and O–H groups in total. The number of carbonyl (C=O) groups excluding carboxylic acids is 1. The van der Waals surface area contributed by atoms with Crippen LogP contribution >= 0.6 is 0 Å². The van der Waals surface area contributed by atoms with Gasteiger partial charge in [-0.2, -0.15) is 4.31 Å². The van der Waals surface area contributed by atoms with Crippen LogP contribution in [0.25, 0.3) is 17.5 Å². The fourth-order valence-electron chi connectivity index (χ4n) is 2.82. The van der Waals surface area contributed by atoms with Crippen molar-refractivity contribution in [1.29, 1.82) is 0 Å². The van der Waals surface area contributed by atoms with Crippen LogP contribution in [0, 0.1) is 0 Å². The minimum absolute atomic E-state index is 0.149. The fraction of sp³-hybridized carbons (Fsp3) is 0.227. The first-order chi connectivity index (χ1) is 14.9. The molecular formula is C22H23N3O5S. The van der Waals surface area contributed by atoms with Crippen LogP contribution in [0.1, 0.15) is 25.3 Å². The highest BCUT2D eigenvalue weighted by Gasteiger charge is 2.20. The van der Waals surface area contributed by atoms with Crippen LogP contribution in [-0.4, -0.2) is 42.0 Å². The summed E-state index contributed by atoms with van der Waals surface area (Å²) in [7, 11) is -3.51. The van der Waals surface area contributed by atoms with Gasteiger partial charge in [-0.05, 0) is 35.9 Å². The Kier molecular flexibility index (Phi) is 7.32. The lowest BCUT2D eigenvalue weighted by Crippen LogP contribution is -2.30. The van der Waals surface area contributed by atoms with E-state index < -0.39 is 16.0 Å². The van der Waals surface area contributed by atoms with E-state index in [0.717, 1.165) is 5.56 Å². The zero-order chi connectivity index (χ0) is 22.3. The molecule has 1 heterocycles. The molecule has 9 heteroatoms. The van der Waals surface area contributed by atoms with E-state index in [9.17, 15) is 13.2 Å². The van der Waals surface area contributed by atoms with Crippen molar-refractivity contribution >= 4 is 22.1 Å². The number of aromatic nitrogens is 2. The first-order valence-electron chi connectivity index (χ1n) is 9.77. The number of hydrogen-bond acceptors (Lipinski definition) is 7. The van der Waals surface area contributed by atoms with Crippen LogP contribution in [0.3, 0.4) is 0 Å². The number of ether oxygens (including phenoxy) is 1. The molecule has 8 nitrogen and oxygen atoms in total. The molecule has 3 aromatic rings. The van der Waals surface area contributed by atoms with Crippen molar-refractivity contribution in [3.8, 4) is 11.5 Å². The van der Waals surface area contributed by atoms with Gasteiger partial charge in [0, 0.05) is 24.7 Å². The molecule has 162 valence electrons. The summed E-state index contributed by atoms with van der Waals surface area (Å²) in [6.07, 6.45) is 2.79. The second-order valence-electron chi connectivity index (χ2n) is 6.47. The highest BCUT2D eigenvalue weighted by molar-refractivity contribution is 7.89. The molecule has 3 rings (SSSR count). The normalized spacial score (nSPS) is 11.8. The minimum Gasteiger partial charge on any atom is -0.452 e. The topological polar surface area (TPSA) is 103 Å². The number of esters is 1. The Morgan fingerprint density at radius 3 is 2.35 bits per heavy atom. The Labute approximate surface area is 181 Å². The fourth-order valence-corrected chi connectivity index (χ4v) is 4.28. The summed E-state index contributed by atoms with van der Waals surface area (Å²) in [5.41, 5.74) is 1.44.